The molecule has 2 amide bonds. The van der Waals surface area contributed by atoms with Crippen LogP contribution >= 0.6 is 0 Å². The molecule has 3 aromatic rings. The van der Waals surface area contributed by atoms with Gasteiger partial charge in [0.25, 0.3) is 5.91 Å². The molecule has 0 radical (unpaired) electrons. The van der Waals surface area contributed by atoms with Gasteiger partial charge in [-0.05, 0) is 31.2 Å². The summed E-state index contributed by atoms with van der Waals surface area (Å²) in [5.74, 6) is -0.903. The predicted octanol–water partition coefficient (Wildman–Crippen LogP) is 1.45. The molecule has 0 fully saturated rings. The van der Waals surface area contributed by atoms with Crippen LogP contribution in [0.3, 0.4) is 0 Å². The highest BCUT2D eigenvalue weighted by Crippen LogP contribution is 2.35. The quantitative estimate of drug-likeness (QED) is 0.654. The normalized spacial score (nSPS) is 18.6. The zero-order valence-corrected chi connectivity index (χ0v) is 16.8. The first-order valence-electron chi connectivity index (χ1n) is 9.32. The molecule has 3 N–H and O–H groups in total. The standard InChI is InChI=1S/C20H19FN8O2/c1-20(9-17(30)28(2)19(22)27-20)13-8-12(4-5-14(13)21)26-18(31)15-10-24-16(11-23-15)29-7-3-6-25-29/h3-8,10-11H,9H2,1-2H3,(H2,22,27)(H,26,31). The molecule has 1 aromatic carbocycles. The number of nitrogens with two attached hydrogens (primary N) is 1. The highest BCUT2D eigenvalue weighted by atomic mass is 19.1. The number of hydrogen-bond donors (Lipinski definition) is 2. The van der Waals surface area contributed by atoms with E-state index in [0.717, 1.165) is 0 Å². The van der Waals surface area contributed by atoms with Crippen molar-refractivity contribution in [2.75, 3.05) is 12.4 Å². The molecule has 0 spiro atoms. The number of aromatic nitrogens is 4. The third kappa shape index (κ3) is 3.84. The van der Waals surface area contributed by atoms with Crippen LogP contribution in [0.25, 0.3) is 5.82 Å². The summed E-state index contributed by atoms with van der Waals surface area (Å²) < 4.78 is 16.1. The number of halogens is 1. The van der Waals surface area contributed by atoms with Gasteiger partial charge in [-0.15, -0.1) is 0 Å². The maximum absolute atomic E-state index is 14.6. The Morgan fingerprint density at radius 3 is 2.74 bits per heavy atom. The fourth-order valence-corrected chi connectivity index (χ4v) is 3.24. The summed E-state index contributed by atoms with van der Waals surface area (Å²) in [5.41, 5.74) is 5.17. The lowest BCUT2D eigenvalue weighted by Crippen LogP contribution is -2.47. The molecule has 1 unspecified atom stereocenters. The smallest absolute Gasteiger partial charge is 0.275 e. The maximum Gasteiger partial charge on any atom is 0.275 e. The van der Waals surface area contributed by atoms with E-state index < -0.39 is 17.3 Å². The lowest BCUT2D eigenvalue weighted by Gasteiger charge is -2.34. The molecule has 10 nitrogen and oxygen atoms in total. The summed E-state index contributed by atoms with van der Waals surface area (Å²) in [4.78, 5) is 38.6. The van der Waals surface area contributed by atoms with Gasteiger partial charge in [0, 0.05) is 30.7 Å². The topological polar surface area (TPSA) is 131 Å². The number of aliphatic imine (C=N–C) groups is 1. The van der Waals surface area contributed by atoms with E-state index in [2.05, 4.69) is 25.4 Å². The van der Waals surface area contributed by atoms with E-state index in [4.69, 9.17) is 5.73 Å². The Morgan fingerprint density at radius 1 is 1.29 bits per heavy atom. The van der Waals surface area contributed by atoms with E-state index in [-0.39, 0.29) is 29.5 Å². The van der Waals surface area contributed by atoms with Crippen LogP contribution in [0.1, 0.15) is 29.4 Å². The number of rotatable bonds is 4. The minimum Gasteiger partial charge on any atom is -0.369 e. The second-order valence-corrected chi connectivity index (χ2v) is 7.23. The zero-order chi connectivity index (χ0) is 22.2. The Bertz CT molecular complexity index is 1180. The zero-order valence-electron chi connectivity index (χ0n) is 16.8. The van der Waals surface area contributed by atoms with Crippen molar-refractivity contribution in [3.05, 3.63) is 66.1 Å². The van der Waals surface area contributed by atoms with Gasteiger partial charge in [0.1, 0.15) is 11.5 Å². The monoisotopic (exact) mass is 422 g/mol. The van der Waals surface area contributed by atoms with Crippen LogP contribution in [0, 0.1) is 5.82 Å². The van der Waals surface area contributed by atoms with Crippen molar-refractivity contribution in [1.82, 2.24) is 24.6 Å². The largest absolute Gasteiger partial charge is 0.369 e. The maximum atomic E-state index is 14.6. The number of amides is 2. The minimum absolute atomic E-state index is 0.000125. The van der Waals surface area contributed by atoms with Crippen molar-refractivity contribution < 1.29 is 14.0 Å². The van der Waals surface area contributed by atoms with Gasteiger partial charge in [-0.25, -0.2) is 24.0 Å². The fraction of sp³-hybridized carbons (Fsp3) is 0.200. The summed E-state index contributed by atoms with van der Waals surface area (Å²) in [6.45, 7) is 1.62. The van der Waals surface area contributed by atoms with Crippen LogP contribution in [0.4, 0.5) is 10.1 Å². The highest BCUT2D eigenvalue weighted by Gasteiger charge is 2.38. The van der Waals surface area contributed by atoms with Crippen LogP contribution in [0.15, 0.2) is 54.0 Å². The van der Waals surface area contributed by atoms with Gasteiger partial charge in [0.15, 0.2) is 11.8 Å². The Labute approximate surface area is 176 Å². The molecule has 1 atom stereocenters. The average Bonchev–Trinajstić information content (AvgIpc) is 3.28. The third-order valence-electron chi connectivity index (χ3n) is 4.99. The van der Waals surface area contributed by atoms with Crippen LogP contribution < -0.4 is 11.1 Å². The Kier molecular flexibility index (Phi) is 4.93. The SMILES string of the molecule is CN1C(=O)CC(C)(c2cc(NC(=O)c3cnc(-n4cccn4)cn3)ccc2F)N=C1N. The summed E-state index contributed by atoms with van der Waals surface area (Å²) in [5, 5.41) is 6.71. The van der Waals surface area contributed by atoms with Gasteiger partial charge in [-0.2, -0.15) is 5.10 Å². The molecule has 0 saturated carbocycles. The number of nitrogens with zero attached hydrogens (tertiary/aromatic N) is 6. The first-order chi connectivity index (χ1) is 14.8. The third-order valence-corrected chi connectivity index (χ3v) is 4.99. The van der Waals surface area contributed by atoms with Gasteiger partial charge in [-0.1, -0.05) is 0 Å². The van der Waals surface area contributed by atoms with Crippen LogP contribution in [0.5, 0.6) is 0 Å². The number of nitrogens with one attached hydrogen (secondary N) is 1. The number of carbonyl (C=O) groups is 2. The number of anilines is 1. The Hall–Kier alpha value is -4.15. The summed E-state index contributed by atoms with van der Waals surface area (Å²) in [6.07, 6.45) is 5.98. The molecule has 1 aliphatic heterocycles. The molecule has 0 aliphatic carbocycles. The molecule has 2 aromatic heterocycles. The number of hydrogen-bond acceptors (Lipinski definition) is 7. The van der Waals surface area contributed by atoms with Gasteiger partial charge >= 0.3 is 0 Å². The summed E-state index contributed by atoms with van der Waals surface area (Å²) in [6, 6.07) is 5.80. The van der Waals surface area contributed by atoms with Crippen molar-refractivity contribution in [1.29, 1.82) is 0 Å². The molecule has 11 heteroatoms. The Morgan fingerprint density at radius 2 is 2.10 bits per heavy atom. The summed E-state index contributed by atoms with van der Waals surface area (Å²) >= 11 is 0. The lowest BCUT2D eigenvalue weighted by atomic mass is 9.87. The number of benzene rings is 1. The van der Waals surface area contributed by atoms with Gasteiger partial charge in [-0.3, -0.25) is 14.5 Å². The van der Waals surface area contributed by atoms with Crippen molar-refractivity contribution in [3.8, 4) is 5.82 Å². The van der Waals surface area contributed by atoms with Crippen molar-refractivity contribution >= 4 is 23.5 Å². The second kappa shape index (κ2) is 7.59. The van der Waals surface area contributed by atoms with E-state index >= 15 is 0 Å². The molecule has 31 heavy (non-hydrogen) atoms. The van der Waals surface area contributed by atoms with Gasteiger partial charge in [0.2, 0.25) is 5.91 Å². The summed E-state index contributed by atoms with van der Waals surface area (Å²) in [7, 11) is 1.51. The first kappa shape index (κ1) is 20.1. The van der Waals surface area contributed by atoms with E-state index in [1.807, 2.05) is 0 Å². The van der Waals surface area contributed by atoms with Crippen molar-refractivity contribution in [2.45, 2.75) is 18.9 Å². The molecular weight excluding hydrogens is 403 g/mol. The number of carbonyl (C=O) groups excluding carboxylic acids is 2. The molecule has 0 saturated heterocycles. The first-order valence-corrected chi connectivity index (χ1v) is 9.32. The molecule has 158 valence electrons. The molecule has 4 rings (SSSR count). The van der Waals surface area contributed by atoms with Crippen LogP contribution in [-0.4, -0.2) is 49.5 Å². The Balaban J connectivity index is 1.57. The van der Waals surface area contributed by atoms with Crippen molar-refractivity contribution in [2.24, 2.45) is 10.7 Å². The van der Waals surface area contributed by atoms with Crippen LogP contribution in [-0.2, 0) is 10.3 Å². The van der Waals surface area contributed by atoms with Gasteiger partial charge < -0.3 is 11.1 Å². The highest BCUT2D eigenvalue weighted by molar-refractivity contribution is 6.03. The van der Waals surface area contributed by atoms with E-state index in [9.17, 15) is 14.0 Å². The molecule has 3 heterocycles. The fourth-order valence-electron chi connectivity index (χ4n) is 3.24. The number of guanidine groups is 1. The predicted molar refractivity (Wildman–Crippen MR) is 110 cm³/mol. The molecular formula is C20H19FN8O2. The van der Waals surface area contributed by atoms with Gasteiger partial charge in [0.05, 0.1) is 24.4 Å². The lowest BCUT2D eigenvalue weighted by molar-refractivity contribution is -0.128. The molecule has 0 bridgehead atoms. The van der Waals surface area contributed by atoms with E-state index in [1.54, 1.807) is 25.4 Å². The van der Waals surface area contributed by atoms with Crippen molar-refractivity contribution in [3.63, 3.8) is 0 Å². The van der Waals surface area contributed by atoms with E-state index in [1.165, 1.54) is 47.2 Å². The average molecular weight is 422 g/mol. The second-order valence-electron chi connectivity index (χ2n) is 7.23. The van der Waals surface area contributed by atoms with Crippen LogP contribution in [0.2, 0.25) is 0 Å². The van der Waals surface area contributed by atoms with E-state index in [0.29, 0.717) is 11.5 Å². The minimum atomic E-state index is -1.19. The molecule has 1 aliphatic rings.